The molecule has 0 bridgehead atoms. The number of hydrogen-bond acceptors (Lipinski definition) is 5. The van der Waals surface area contributed by atoms with Crippen molar-refractivity contribution in [1.82, 2.24) is 20.0 Å². The molecule has 0 aromatic carbocycles. The summed E-state index contributed by atoms with van der Waals surface area (Å²) in [6.45, 7) is 4.80. The molecule has 3 rings (SSSR count). The summed E-state index contributed by atoms with van der Waals surface area (Å²) >= 11 is 1.36. The summed E-state index contributed by atoms with van der Waals surface area (Å²) in [6, 6.07) is 3.55. The van der Waals surface area contributed by atoms with E-state index in [0.717, 1.165) is 25.9 Å². The van der Waals surface area contributed by atoms with Gasteiger partial charge in [0.15, 0.2) is 0 Å². The summed E-state index contributed by atoms with van der Waals surface area (Å²) in [5.41, 5.74) is 0. The van der Waals surface area contributed by atoms with Gasteiger partial charge in [-0.05, 0) is 24.3 Å². The Balaban J connectivity index is 1.37. The van der Waals surface area contributed by atoms with Crippen LogP contribution in [0.2, 0.25) is 0 Å². The van der Waals surface area contributed by atoms with Gasteiger partial charge in [0.1, 0.15) is 0 Å². The first-order valence-electron chi connectivity index (χ1n) is 9.73. The second-order valence-electron chi connectivity index (χ2n) is 7.11. The van der Waals surface area contributed by atoms with Crippen LogP contribution < -0.4 is 5.32 Å². The fraction of sp³-hybridized carbons (Fsp3) is 0.632. The lowest BCUT2D eigenvalue weighted by molar-refractivity contribution is -0.134. The molecule has 0 saturated carbocycles. The largest absolute Gasteiger partial charge is 0.342 e. The Morgan fingerprint density at radius 2 is 1.56 bits per heavy atom. The van der Waals surface area contributed by atoms with Crippen molar-refractivity contribution in [3.63, 3.8) is 0 Å². The molecular weight excluding hydrogens is 364 g/mol. The van der Waals surface area contributed by atoms with Crippen molar-refractivity contribution in [3.05, 3.63) is 22.4 Å². The minimum atomic E-state index is -0.208. The zero-order chi connectivity index (χ0) is 19.1. The first-order valence-corrected chi connectivity index (χ1v) is 10.6. The summed E-state index contributed by atoms with van der Waals surface area (Å²) in [5.74, 6) is -0.0710. The fourth-order valence-electron chi connectivity index (χ4n) is 3.53. The molecule has 0 unspecified atom stereocenters. The molecule has 3 heterocycles. The van der Waals surface area contributed by atoms with Crippen LogP contribution in [0.1, 0.15) is 35.4 Å². The number of likely N-dealkylation sites (tertiary alicyclic amines) is 1. The third-order valence-corrected chi connectivity index (χ3v) is 6.06. The number of nitrogens with one attached hydrogen (secondary N) is 1. The monoisotopic (exact) mass is 392 g/mol. The van der Waals surface area contributed by atoms with Crippen LogP contribution in [0.15, 0.2) is 17.5 Å². The maximum absolute atomic E-state index is 12.5. The number of carbonyl (C=O) groups excluding carboxylic acids is 3. The summed E-state index contributed by atoms with van der Waals surface area (Å²) < 4.78 is 0. The van der Waals surface area contributed by atoms with E-state index >= 15 is 0 Å². The van der Waals surface area contributed by atoms with Gasteiger partial charge in [-0.2, -0.15) is 0 Å². The molecule has 2 saturated heterocycles. The number of carbonyl (C=O) groups is 3. The molecule has 7 nitrogen and oxygen atoms in total. The Bertz CT molecular complexity index is 633. The van der Waals surface area contributed by atoms with Crippen molar-refractivity contribution in [3.8, 4) is 0 Å². The molecule has 27 heavy (non-hydrogen) atoms. The van der Waals surface area contributed by atoms with E-state index in [-0.39, 0.29) is 24.3 Å². The number of thiophene rings is 1. The third-order valence-electron chi connectivity index (χ3n) is 5.19. The number of rotatable bonds is 5. The van der Waals surface area contributed by atoms with Crippen molar-refractivity contribution >= 4 is 29.1 Å². The normalized spacial score (nSPS) is 18.8. The van der Waals surface area contributed by atoms with Crippen molar-refractivity contribution in [2.24, 2.45) is 0 Å². The van der Waals surface area contributed by atoms with Crippen molar-refractivity contribution in [2.45, 2.75) is 25.7 Å². The standard InChI is InChI=1S/C19H28N4O3S/c24-17(14-20-19(26)16-6-5-13-27-16)23-11-9-21(10-12-23)15-18(25)22-7-3-1-2-4-8-22/h5-6,13H,1-4,7-12,14-15H2,(H,20,26). The van der Waals surface area contributed by atoms with Crippen LogP contribution in [-0.2, 0) is 9.59 Å². The zero-order valence-electron chi connectivity index (χ0n) is 15.7. The maximum atomic E-state index is 12.5. The second kappa shape index (κ2) is 9.85. The molecule has 3 amide bonds. The molecule has 2 aliphatic heterocycles. The molecule has 1 aromatic heterocycles. The predicted octanol–water partition coefficient (Wildman–Crippen LogP) is 1.02. The molecule has 2 fully saturated rings. The SMILES string of the molecule is O=C(NCC(=O)N1CCN(CC(=O)N2CCCCCC2)CC1)c1cccs1. The second-order valence-corrected chi connectivity index (χ2v) is 8.06. The van der Waals surface area contributed by atoms with E-state index in [1.54, 1.807) is 11.0 Å². The Kier molecular flexibility index (Phi) is 7.23. The fourth-order valence-corrected chi connectivity index (χ4v) is 4.17. The van der Waals surface area contributed by atoms with Crippen LogP contribution in [0.5, 0.6) is 0 Å². The molecule has 0 atom stereocenters. The Morgan fingerprint density at radius 1 is 0.889 bits per heavy atom. The lowest BCUT2D eigenvalue weighted by Gasteiger charge is -2.35. The highest BCUT2D eigenvalue weighted by atomic mass is 32.1. The molecule has 0 spiro atoms. The smallest absolute Gasteiger partial charge is 0.261 e. The van der Waals surface area contributed by atoms with Crippen LogP contribution >= 0.6 is 11.3 Å². The van der Waals surface area contributed by atoms with Gasteiger partial charge in [-0.3, -0.25) is 19.3 Å². The molecule has 1 aromatic rings. The van der Waals surface area contributed by atoms with Gasteiger partial charge in [0.25, 0.3) is 5.91 Å². The molecule has 148 valence electrons. The highest BCUT2D eigenvalue weighted by molar-refractivity contribution is 7.12. The van der Waals surface area contributed by atoms with Gasteiger partial charge in [0, 0.05) is 39.3 Å². The first-order chi connectivity index (χ1) is 13.1. The molecule has 0 radical (unpaired) electrons. The van der Waals surface area contributed by atoms with E-state index in [1.165, 1.54) is 24.2 Å². The van der Waals surface area contributed by atoms with E-state index in [4.69, 9.17) is 0 Å². The van der Waals surface area contributed by atoms with Gasteiger partial charge in [-0.1, -0.05) is 18.9 Å². The molecular formula is C19H28N4O3S. The predicted molar refractivity (Wildman–Crippen MR) is 105 cm³/mol. The van der Waals surface area contributed by atoms with Crippen LogP contribution in [0.3, 0.4) is 0 Å². The van der Waals surface area contributed by atoms with E-state index in [9.17, 15) is 14.4 Å². The van der Waals surface area contributed by atoms with Crippen LogP contribution in [-0.4, -0.2) is 84.8 Å². The minimum absolute atomic E-state index is 0.0173. The average molecular weight is 393 g/mol. The summed E-state index contributed by atoms with van der Waals surface area (Å²) in [6.07, 6.45) is 4.64. The molecule has 2 aliphatic rings. The van der Waals surface area contributed by atoms with Crippen molar-refractivity contribution < 1.29 is 14.4 Å². The van der Waals surface area contributed by atoms with Gasteiger partial charge in [-0.15, -0.1) is 11.3 Å². The van der Waals surface area contributed by atoms with E-state index in [1.807, 2.05) is 16.3 Å². The Labute approximate surface area is 164 Å². The topological polar surface area (TPSA) is 73.0 Å². The van der Waals surface area contributed by atoms with E-state index in [0.29, 0.717) is 37.6 Å². The third kappa shape index (κ3) is 5.77. The number of piperazine rings is 1. The van der Waals surface area contributed by atoms with E-state index < -0.39 is 0 Å². The first kappa shape index (κ1) is 19.8. The number of nitrogens with zero attached hydrogens (tertiary/aromatic N) is 3. The highest BCUT2D eigenvalue weighted by Gasteiger charge is 2.24. The molecule has 1 N–H and O–H groups in total. The van der Waals surface area contributed by atoms with E-state index in [2.05, 4.69) is 10.2 Å². The summed E-state index contributed by atoms with van der Waals surface area (Å²) in [7, 11) is 0. The van der Waals surface area contributed by atoms with Gasteiger partial charge in [0.2, 0.25) is 11.8 Å². The summed E-state index contributed by atoms with van der Waals surface area (Å²) in [5, 5.41) is 4.52. The van der Waals surface area contributed by atoms with Gasteiger partial charge in [0.05, 0.1) is 18.0 Å². The summed E-state index contributed by atoms with van der Waals surface area (Å²) in [4.78, 5) is 43.2. The van der Waals surface area contributed by atoms with Crippen LogP contribution in [0.25, 0.3) is 0 Å². The van der Waals surface area contributed by atoms with Crippen molar-refractivity contribution in [2.75, 3.05) is 52.4 Å². The molecule has 8 heteroatoms. The van der Waals surface area contributed by atoms with Gasteiger partial charge < -0.3 is 15.1 Å². The lowest BCUT2D eigenvalue weighted by Crippen LogP contribution is -2.53. The number of hydrogen-bond donors (Lipinski definition) is 1. The highest BCUT2D eigenvalue weighted by Crippen LogP contribution is 2.11. The van der Waals surface area contributed by atoms with Gasteiger partial charge >= 0.3 is 0 Å². The Hall–Kier alpha value is -1.93. The lowest BCUT2D eigenvalue weighted by atomic mass is 10.2. The average Bonchev–Trinajstić information content (AvgIpc) is 3.09. The quantitative estimate of drug-likeness (QED) is 0.812. The minimum Gasteiger partial charge on any atom is -0.342 e. The van der Waals surface area contributed by atoms with Gasteiger partial charge in [-0.25, -0.2) is 0 Å². The van der Waals surface area contributed by atoms with Crippen LogP contribution in [0, 0.1) is 0 Å². The molecule has 0 aliphatic carbocycles. The zero-order valence-corrected chi connectivity index (χ0v) is 16.5. The number of amides is 3. The maximum Gasteiger partial charge on any atom is 0.261 e. The van der Waals surface area contributed by atoms with Crippen LogP contribution in [0.4, 0.5) is 0 Å². The van der Waals surface area contributed by atoms with Crippen molar-refractivity contribution in [1.29, 1.82) is 0 Å². The Morgan fingerprint density at radius 3 is 2.19 bits per heavy atom.